The maximum absolute atomic E-state index is 13.5. The third-order valence-corrected chi connectivity index (χ3v) is 6.37. The topological polar surface area (TPSA) is 82.5 Å². The average Bonchev–Trinajstić information content (AvgIpc) is 3.41. The summed E-state index contributed by atoms with van der Waals surface area (Å²) in [7, 11) is 0. The van der Waals surface area contributed by atoms with Crippen LogP contribution in [0.25, 0.3) is 10.9 Å². The zero-order chi connectivity index (χ0) is 24.5. The Balaban J connectivity index is 1.54. The number of hydrogen-bond donors (Lipinski definition) is 0. The Kier molecular flexibility index (Phi) is 5.83. The summed E-state index contributed by atoms with van der Waals surface area (Å²) in [4.78, 5) is 29.9. The molecule has 0 bridgehead atoms. The summed E-state index contributed by atoms with van der Waals surface area (Å²) in [6.45, 7) is 4.02. The number of carbonyl (C=O) groups is 1. The van der Waals surface area contributed by atoms with E-state index in [0.717, 1.165) is 16.5 Å². The quantitative estimate of drug-likeness (QED) is 0.452. The van der Waals surface area contributed by atoms with Crippen LogP contribution in [-0.4, -0.2) is 41.6 Å². The molecule has 0 radical (unpaired) electrons. The van der Waals surface area contributed by atoms with Gasteiger partial charge in [0.25, 0.3) is 11.5 Å². The minimum atomic E-state index is -0.391. The maximum Gasteiger partial charge on any atom is 0.289 e. The van der Waals surface area contributed by atoms with Crippen molar-refractivity contribution in [1.82, 2.24) is 9.47 Å². The number of aryl methyl sites for hydroxylation is 1. The van der Waals surface area contributed by atoms with E-state index in [1.54, 1.807) is 33.7 Å². The second-order valence-electron chi connectivity index (χ2n) is 8.63. The number of nitriles is 1. The summed E-state index contributed by atoms with van der Waals surface area (Å²) in [6, 6.07) is 17.2. The lowest BCUT2D eigenvalue weighted by Crippen LogP contribution is -2.49. The number of hydrogen-bond acceptors (Lipinski definition) is 5. The van der Waals surface area contributed by atoms with E-state index in [1.807, 2.05) is 30.0 Å². The van der Waals surface area contributed by atoms with Crippen molar-refractivity contribution in [2.75, 3.05) is 31.1 Å². The minimum Gasteiger partial charge on any atom is -0.459 e. The third kappa shape index (κ3) is 4.17. The first-order valence-electron chi connectivity index (χ1n) is 11.4. The molecule has 2 aromatic carbocycles. The number of carbonyl (C=O) groups excluding carboxylic acids is 1. The molecule has 35 heavy (non-hydrogen) atoms. The lowest BCUT2D eigenvalue weighted by Gasteiger charge is -2.36. The van der Waals surface area contributed by atoms with Gasteiger partial charge in [-0.15, -0.1) is 0 Å². The van der Waals surface area contributed by atoms with E-state index in [1.165, 1.54) is 18.4 Å². The number of piperazine rings is 1. The highest BCUT2D eigenvalue weighted by Gasteiger charge is 2.28. The van der Waals surface area contributed by atoms with Crippen LogP contribution in [0.4, 0.5) is 10.1 Å². The largest absolute Gasteiger partial charge is 0.459 e. The molecule has 4 aromatic rings. The van der Waals surface area contributed by atoms with Crippen LogP contribution in [0, 0.1) is 24.1 Å². The molecule has 2 aromatic heterocycles. The molecule has 0 aliphatic carbocycles. The highest BCUT2D eigenvalue weighted by molar-refractivity contribution is 5.96. The number of halogens is 1. The van der Waals surface area contributed by atoms with E-state index >= 15 is 0 Å². The van der Waals surface area contributed by atoms with E-state index < -0.39 is 5.56 Å². The first-order chi connectivity index (χ1) is 17.0. The molecule has 7 nitrogen and oxygen atoms in total. The molecule has 1 amide bonds. The van der Waals surface area contributed by atoms with Gasteiger partial charge in [0.1, 0.15) is 17.4 Å². The molecule has 0 saturated carbocycles. The number of nitrogens with zero attached hydrogens (tertiary/aromatic N) is 4. The number of aromatic nitrogens is 1. The van der Waals surface area contributed by atoms with E-state index in [2.05, 4.69) is 6.07 Å². The molecule has 0 N–H and O–H groups in total. The molecule has 5 rings (SSSR count). The van der Waals surface area contributed by atoms with Crippen molar-refractivity contribution in [1.29, 1.82) is 5.26 Å². The first kappa shape index (κ1) is 22.4. The van der Waals surface area contributed by atoms with Crippen molar-refractivity contribution >= 4 is 22.5 Å². The van der Waals surface area contributed by atoms with Gasteiger partial charge in [0, 0.05) is 31.6 Å². The molecule has 0 atom stereocenters. The Bertz CT molecular complexity index is 1490. The molecule has 0 spiro atoms. The monoisotopic (exact) mass is 470 g/mol. The smallest absolute Gasteiger partial charge is 0.289 e. The average molecular weight is 471 g/mol. The van der Waals surface area contributed by atoms with Crippen molar-refractivity contribution in [3.8, 4) is 6.07 Å². The lowest BCUT2D eigenvalue weighted by atomic mass is 10.0. The lowest BCUT2D eigenvalue weighted by molar-refractivity contribution is 0.0715. The van der Waals surface area contributed by atoms with Crippen molar-refractivity contribution in [2.24, 2.45) is 0 Å². The van der Waals surface area contributed by atoms with Crippen molar-refractivity contribution in [3.63, 3.8) is 0 Å². The van der Waals surface area contributed by atoms with Crippen LogP contribution < -0.4 is 10.5 Å². The number of pyridine rings is 1. The number of benzene rings is 2. The highest BCUT2D eigenvalue weighted by Crippen LogP contribution is 2.31. The zero-order valence-corrected chi connectivity index (χ0v) is 19.2. The van der Waals surface area contributed by atoms with Crippen LogP contribution in [-0.2, 0) is 6.54 Å². The van der Waals surface area contributed by atoms with E-state index in [9.17, 15) is 19.2 Å². The molecular weight excluding hydrogens is 447 g/mol. The Labute approximate surface area is 201 Å². The van der Waals surface area contributed by atoms with Crippen LogP contribution in [0.15, 0.2) is 70.1 Å². The predicted octanol–water partition coefficient (Wildman–Crippen LogP) is 3.92. The number of anilines is 1. The second kappa shape index (κ2) is 9.11. The third-order valence-electron chi connectivity index (χ3n) is 6.37. The summed E-state index contributed by atoms with van der Waals surface area (Å²) >= 11 is 0. The van der Waals surface area contributed by atoms with E-state index in [4.69, 9.17) is 4.42 Å². The number of furan rings is 1. The van der Waals surface area contributed by atoms with Crippen molar-refractivity contribution in [2.45, 2.75) is 13.5 Å². The molecule has 176 valence electrons. The van der Waals surface area contributed by atoms with Gasteiger partial charge in [0.15, 0.2) is 5.76 Å². The standard InChI is InChI=1S/C27H23FN4O3/c1-18-4-9-23-21(15-18)25(30-10-12-31(13-11-30)27(34)24-3-2-14-35-24)22(16-29)26(33)32(23)17-19-5-7-20(28)8-6-19/h2-9,14-15H,10-13,17H2,1H3. The SMILES string of the molecule is Cc1ccc2c(c1)c(N1CCN(C(=O)c3ccco3)CC1)c(C#N)c(=O)n2Cc1ccc(F)cc1. The van der Waals surface area contributed by atoms with Crippen molar-refractivity contribution < 1.29 is 13.6 Å². The Morgan fingerprint density at radius 2 is 1.83 bits per heavy atom. The summed E-state index contributed by atoms with van der Waals surface area (Å²) in [5.41, 5.74) is 2.73. The van der Waals surface area contributed by atoms with Gasteiger partial charge in [0.2, 0.25) is 0 Å². The van der Waals surface area contributed by atoms with Gasteiger partial charge in [0.05, 0.1) is 24.0 Å². The second-order valence-corrected chi connectivity index (χ2v) is 8.63. The molecule has 1 fully saturated rings. The van der Waals surface area contributed by atoms with Gasteiger partial charge < -0.3 is 18.8 Å². The van der Waals surface area contributed by atoms with Crippen LogP contribution in [0.3, 0.4) is 0 Å². The molecule has 1 aliphatic rings. The van der Waals surface area contributed by atoms with Gasteiger partial charge in [-0.05, 0) is 48.9 Å². The summed E-state index contributed by atoms with van der Waals surface area (Å²) in [6.07, 6.45) is 1.47. The van der Waals surface area contributed by atoms with Gasteiger partial charge in [-0.3, -0.25) is 9.59 Å². The van der Waals surface area contributed by atoms with Crippen LogP contribution in [0.1, 0.15) is 27.2 Å². The Morgan fingerprint density at radius 3 is 2.49 bits per heavy atom. The van der Waals surface area contributed by atoms with E-state index in [-0.39, 0.29) is 23.8 Å². The van der Waals surface area contributed by atoms with Gasteiger partial charge in [-0.1, -0.05) is 23.8 Å². The molecule has 8 heteroatoms. The van der Waals surface area contributed by atoms with Crippen LogP contribution >= 0.6 is 0 Å². The molecule has 1 saturated heterocycles. The Morgan fingerprint density at radius 1 is 1.09 bits per heavy atom. The molecule has 0 unspecified atom stereocenters. The summed E-state index contributed by atoms with van der Waals surface area (Å²) in [5, 5.41) is 10.8. The van der Waals surface area contributed by atoms with Gasteiger partial charge >= 0.3 is 0 Å². The summed E-state index contributed by atoms with van der Waals surface area (Å²) < 4.78 is 20.2. The number of rotatable bonds is 4. The fourth-order valence-corrected chi connectivity index (χ4v) is 4.60. The van der Waals surface area contributed by atoms with Gasteiger partial charge in [-0.2, -0.15) is 5.26 Å². The van der Waals surface area contributed by atoms with Crippen LogP contribution in [0.5, 0.6) is 0 Å². The normalized spacial score (nSPS) is 13.7. The minimum absolute atomic E-state index is 0.0658. The summed E-state index contributed by atoms with van der Waals surface area (Å²) in [5.74, 6) is -0.231. The molecule has 1 aliphatic heterocycles. The van der Waals surface area contributed by atoms with Crippen molar-refractivity contribution in [3.05, 3.63) is 99.5 Å². The maximum atomic E-state index is 13.5. The predicted molar refractivity (Wildman–Crippen MR) is 130 cm³/mol. The molecule has 3 heterocycles. The molecular formula is C27H23FN4O3. The zero-order valence-electron chi connectivity index (χ0n) is 19.2. The highest BCUT2D eigenvalue weighted by atomic mass is 19.1. The fourth-order valence-electron chi connectivity index (χ4n) is 4.60. The van der Waals surface area contributed by atoms with E-state index in [0.29, 0.717) is 43.1 Å². The Hall–Kier alpha value is -4.38. The van der Waals surface area contributed by atoms with Gasteiger partial charge in [-0.25, -0.2) is 4.39 Å². The number of amides is 1. The number of fused-ring (bicyclic) bond motifs is 1. The van der Waals surface area contributed by atoms with Crippen LogP contribution in [0.2, 0.25) is 0 Å². The first-order valence-corrected chi connectivity index (χ1v) is 11.4. The fraction of sp³-hybridized carbons (Fsp3) is 0.222.